The fourth-order valence-corrected chi connectivity index (χ4v) is 2.30. The van der Waals surface area contributed by atoms with Crippen LogP contribution in [-0.2, 0) is 0 Å². The third-order valence-electron chi connectivity index (χ3n) is 2.90. The Balaban J connectivity index is 2.19. The van der Waals surface area contributed by atoms with E-state index in [9.17, 15) is 10.1 Å². The fraction of sp³-hybridized carbons (Fsp3) is 0.455. The van der Waals surface area contributed by atoms with Gasteiger partial charge in [0.25, 0.3) is 0 Å². The lowest BCUT2D eigenvalue weighted by Gasteiger charge is -2.33. The van der Waals surface area contributed by atoms with Gasteiger partial charge in [0.15, 0.2) is 0 Å². The number of hydrogen-bond donors (Lipinski definition) is 1. The first-order valence-electron chi connectivity index (χ1n) is 5.27. The van der Waals surface area contributed by atoms with Gasteiger partial charge >= 0.3 is 5.69 Å². The van der Waals surface area contributed by atoms with Gasteiger partial charge in [0.05, 0.1) is 4.92 Å². The highest BCUT2D eigenvalue weighted by Gasteiger charge is 2.28. The van der Waals surface area contributed by atoms with Crippen molar-refractivity contribution in [2.75, 3.05) is 5.32 Å². The smallest absolute Gasteiger partial charge is 0.310 e. The number of nitro benzene ring substituents is 1. The Morgan fingerprint density at radius 1 is 1.50 bits per heavy atom. The molecule has 0 aromatic heterocycles. The second-order valence-electron chi connectivity index (χ2n) is 4.31. The van der Waals surface area contributed by atoms with E-state index in [0.717, 1.165) is 12.8 Å². The van der Waals surface area contributed by atoms with Crippen LogP contribution >= 0.6 is 11.6 Å². The minimum Gasteiger partial charge on any atom is -0.377 e. The topological polar surface area (TPSA) is 55.2 Å². The largest absolute Gasteiger partial charge is 0.377 e. The van der Waals surface area contributed by atoms with Crippen LogP contribution < -0.4 is 5.32 Å². The van der Waals surface area contributed by atoms with Crippen LogP contribution in [0.25, 0.3) is 0 Å². The number of nitro groups is 1. The summed E-state index contributed by atoms with van der Waals surface area (Å²) in [5.41, 5.74) is 0.498. The van der Waals surface area contributed by atoms with Gasteiger partial charge in [-0.25, -0.2) is 0 Å². The summed E-state index contributed by atoms with van der Waals surface area (Å²) in [6.07, 6.45) is 2.12. The predicted octanol–water partition coefficient (Wildman–Crippen LogP) is 3.46. The Morgan fingerprint density at radius 2 is 2.19 bits per heavy atom. The molecule has 2 rings (SSSR count). The first-order chi connectivity index (χ1) is 7.58. The number of halogens is 1. The highest BCUT2D eigenvalue weighted by atomic mass is 35.5. The Morgan fingerprint density at radius 3 is 2.75 bits per heavy atom. The molecule has 0 spiro atoms. The first-order valence-corrected chi connectivity index (χ1v) is 5.65. The third kappa shape index (κ3) is 2.11. The van der Waals surface area contributed by atoms with E-state index >= 15 is 0 Å². The number of rotatable bonds is 3. The highest BCUT2D eigenvalue weighted by Crippen LogP contribution is 2.36. The molecule has 1 saturated carbocycles. The van der Waals surface area contributed by atoms with Crippen LogP contribution in [0.4, 0.5) is 11.4 Å². The number of hydrogen-bond acceptors (Lipinski definition) is 3. The molecule has 5 heteroatoms. The van der Waals surface area contributed by atoms with E-state index in [1.807, 2.05) is 0 Å². The van der Waals surface area contributed by atoms with Crippen molar-refractivity contribution in [3.05, 3.63) is 33.3 Å². The summed E-state index contributed by atoms with van der Waals surface area (Å²) >= 11 is 5.82. The van der Waals surface area contributed by atoms with E-state index in [1.165, 1.54) is 6.07 Å². The van der Waals surface area contributed by atoms with Crippen molar-refractivity contribution in [1.29, 1.82) is 0 Å². The van der Waals surface area contributed by atoms with Crippen molar-refractivity contribution < 1.29 is 4.92 Å². The summed E-state index contributed by atoms with van der Waals surface area (Å²) in [5, 5.41) is 14.2. The predicted molar refractivity (Wildman–Crippen MR) is 63.9 cm³/mol. The maximum Gasteiger partial charge on any atom is 0.310 e. The molecule has 1 aromatic carbocycles. The Kier molecular flexibility index (Phi) is 3.01. The molecule has 0 heterocycles. The van der Waals surface area contributed by atoms with Gasteiger partial charge in [-0.15, -0.1) is 0 Å². The van der Waals surface area contributed by atoms with Crippen molar-refractivity contribution >= 4 is 23.0 Å². The molecule has 0 aliphatic heterocycles. The summed E-state index contributed by atoms with van der Waals surface area (Å²) in [5.74, 6) is 0.704. The summed E-state index contributed by atoms with van der Waals surface area (Å²) < 4.78 is 0. The number of benzene rings is 1. The minimum absolute atomic E-state index is 0.0243. The lowest BCUT2D eigenvalue weighted by Crippen LogP contribution is -2.33. The molecule has 0 bridgehead atoms. The molecule has 1 N–H and O–H groups in total. The lowest BCUT2D eigenvalue weighted by molar-refractivity contribution is -0.383. The van der Waals surface area contributed by atoms with E-state index in [1.54, 1.807) is 12.1 Å². The number of para-hydroxylation sites is 1. The van der Waals surface area contributed by atoms with Crippen LogP contribution in [0, 0.1) is 16.0 Å². The standard InChI is InChI=1S/C11H13ClN2O2/c1-7-5-8(6-7)13-10-4-2-3-9(12)11(10)14(15)16/h2-4,7-8,13H,5-6H2,1H3. The summed E-state index contributed by atoms with van der Waals surface area (Å²) in [4.78, 5) is 10.4. The summed E-state index contributed by atoms with van der Waals surface area (Å²) in [7, 11) is 0. The minimum atomic E-state index is -0.438. The van der Waals surface area contributed by atoms with Gasteiger partial charge in [-0.1, -0.05) is 24.6 Å². The van der Waals surface area contributed by atoms with Crippen LogP contribution in [0.3, 0.4) is 0 Å². The normalized spacial score (nSPS) is 23.6. The van der Waals surface area contributed by atoms with E-state index in [2.05, 4.69) is 12.2 Å². The number of nitrogens with one attached hydrogen (secondary N) is 1. The third-order valence-corrected chi connectivity index (χ3v) is 3.21. The average molecular weight is 241 g/mol. The maximum atomic E-state index is 10.9. The van der Waals surface area contributed by atoms with Crippen LogP contribution in [-0.4, -0.2) is 11.0 Å². The van der Waals surface area contributed by atoms with Gasteiger partial charge in [-0.05, 0) is 30.9 Å². The zero-order chi connectivity index (χ0) is 11.7. The SMILES string of the molecule is CC1CC(Nc2cccc(Cl)c2[N+](=O)[O-])C1. The Labute approximate surface area is 98.8 Å². The second kappa shape index (κ2) is 4.29. The zero-order valence-corrected chi connectivity index (χ0v) is 9.70. The second-order valence-corrected chi connectivity index (χ2v) is 4.72. The average Bonchev–Trinajstić information content (AvgIpc) is 2.14. The van der Waals surface area contributed by atoms with Crippen LogP contribution in [0.1, 0.15) is 19.8 Å². The highest BCUT2D eigenvalue weighted by molar-refractivity contribution is 6.33. The van der Waals surface area contributed by atoms with Crippen LogP contribution in [0.15, 0.2) is 18.2 Å². The van der Waals surface area contributed by atoms with Crippen molar-refractivity contribution in [2.45, 2.75) is 25.8 Å². The van der Waals surface area contributed by atoms with Gasteiger partial charge in [-0.3, -0.25) is 10.1 Å². The summed E-state index contributed by atoms with van der Waals surface area (Å²) in [6.45, 7) is 2.17. The number of anilines is 1. The van der Waals surface area contributed by atoms with E-state index in [4.69, 9.17) is 11.6 Å². The zero-order valence-electron chi connectivity index (χ0n) is 8.94. The molecule has 0 unspecified atom stereocenters. The van der Waals surface area contributed by atoms with Crippen molar-refractivity contribution in [1.82, 2.24) is 0 Å². The van der Waals surface area contributed by atoms with Crippen LogP contribution in [0.2, 0.25) is 5.02 Å². The lowest BCUT2D eigenvalue weighted by atomic mass is 9.82. The maximum absolute atomic E-state index is 10.9. The molecule has 0 amide bonds. The van der Waals surface area contributed by atoms with E-state index in [0.29, 0.717) is 17.6 Å². The van der Waals surface area contributed by atoms with Crippen molar-refractivity contribution in [3.63, 3.8) is 0 Å². The number of nitrogens with zero attached hydrogens (tertiary/aromatic N) is 1. The summed E-state index contributed by atoms with van der Waals surface area (Å²) in [6, 6.07) is 5.30. The Bertz CT molecular complexity index is 416. The molecule has 1 aliphatic carbocycles. The first kappa shape index (κ1) is 11.2. The molecule has 4 nitrogen and oxygen atoms in total. The molecule has 16 heavy (non-hydrogen) atoms. The molecule has 0 atom stereocenters. The van der Waals surface area contributed by atoms with Gasteiger partial charge in [0.2, 0.25) is 0 Å². The van der Waals surface area contributed by atoms with E-state index in [-0.39, 0.29) is 10.7 Å². The van der Waals surface area contributed by atoms with Crippen molar-refractivity contribution in [3.8, 4) is 0 Å². The molecule has 0 saturated heterocycles. The molecular weight excluding hydrogens is 228 g/mol. The van der Waals surface area contributed by atoms with Gasteiger partial charge in [-0.2, -0.15) is 0 Å². The molecule has 86 valence electrons. The molecule has 0 radical (unpaired) electrons. The van der Waals surface area contributed by atoms with Crippen LogP contribution in [0.5, 0.6) is 0 Å². The molecule has 1 aliphatic rings. The molecule has 1 aromatic rings. The van der Waals surface area contributed by atoms with Gasteiger partial charge in [0.1, 0.15) is 10.7 Å². The monoisotopic (exact) mass is 240 g/mol. The van der Waals surface area contributed by atoms with Crippen molar-refractivity contribution in [2.24, 2.45) is 5.92 Å². The molecular formula is C11H13ClN2O2. The van der Waals surface area contributed by atoms with Gasteiger partial charge < -0.3 is 5.32 Å². The Hall–Kier alpha value is -1.29. The quantitative estimate of drug-likeness (QED) is 0.650. The van der Waals surface area contributed by atoms with Gasteiger partial charge in [0, 0.05) is 6.04 Å². The fourth-order valence-electron chi connectivity index (χ4n) is 2.06. The van der Waals surface area contributed by atoms with E-state index < -0.39 is 4.92 Å². The molecule has 1 fully saturated rings.